The number of benzene rings is 1. The van der Waals surface area contributed by atoms with Gasteiger partial charge in [-0.3, -0.25) is 9.89 Å². The normalized spacial score (nSPS) is 10.2. The van der Waals surface area contributed by atoms with Gasteiger partial charge in [0.2, 0.25) is 0 Å². The lowest BCUT2D eigenvalue weighted by molar-refractivity contribution is 0.0945. The Morgan fingerprint density at radius 1 is 1.29 bits per heavy atom. The van der Waals surface area contributed by atoms with Crippen LogP contribution in [-0.2, 0) is 6.54 Å². The molecule has 4 nitrogen and oxygen atoms in total. The molecule has 17 heavy (non-hydrogen) atoms. The van der Waals surface area contributed by atoms with Crippen molar-refractivity contribution in [2.24, 2.45) is 0 Å². The number of hydrogen-bond donors (Lipinski definition) is 2. The number of aromatic amines is 1. The molecule has 0 unspecified atom stereocenters. The smallest absolute Gasteiger partial charge is 0.272 e. The number of aryl methyl sites for hydroxylation is 1. The molecular formula is C13H15N3O. The van der Waals surface area contributed by atoms with Crippen molar-refractivity contribution in [2.45, 2.75) is 20.4 Å². The SMILES string of the molecule is Cc1[nH]nc(C(=O)NCc2ccccc2)c1C. The lowest BCUT2D eigenvalue weighted by Crippen LogP contribution is -2.23. The van der Waals surface area contributed by atoms with Crippen LogP contribution in [0.4, 0.5) is 0 Å². The molecule has 1 aromatic carbocycles. The average molecular weight is 229 g/mol. The molecule has 0 bridgehead atoms. The molecule has 0 radical (unpaired) electrons. The predicted molar refractivity (Wildman–Crippen MR) is 65.7 cm³/mol. The van der Waals surface area contributed by atoms with Crippen molar-refractivity contribution in [3.63, 3.8) is 0 Å². The first-order chi connectivity index (χ1) is 8.18. The minimum absolute atomic E-state index is 0.143. The maximum Gasteiger partial charge on any atom is 0.272 e. The number of aromatic nitrogens is 2. The summed E-state index contributed by atoms with van der Waals surface area (Å²) in [6.07, 6.45) is 0. The molecule has 4 heteroatoms. The van der Waals surface area contributed by atoms with Crippen molar-refractivity contribution >= 4 is 5.91 Å². The third-order valence-corrected chi connectivity index (χ3v) is 2.76. The highest BCUT2D eigenvalue weighted by atomic mass is 16.1. The Hall–Kier alpha value is -2.10. The first kappa shape index (κ1) is 11.4. The monoisotopic (exact) mass is 229 g/mol. The third kappa shape index (κ3) is 2.53. The Balaban J connectivity index is 2.01. The fraction of sp³-hybridized carbons (Fsp3) is 0.231. The number of nitrogens with one attached hydrogen (secondary N) is 2. The maximum atomic E-state index is 11.9. The van der Waals surface area contributed by atoms with E-state index in [0.717, 1.165) is 16.8 Å². The molecule has 1 aromatic heterocycles. The Morgan fingerprint density at radius 3 is 2.59 bits per heavy atom. The lowest BCUT2D eigenvalue weighted by Gasteiger charge is -2.03. The molecule has 0 saturated heterocycles. The second-order valence-corrected chi connectivity index (χ2v) is 3.99. The fourth-order valence-corrected chi connectivity index (χ4v) is 1.57. The minimum Gasteiger partial charge on any atom is -0.347 e. The van der Waals surface area contributed by atoms with E-state index in [1.807, 2.05) is 44.2 Å². The highest BCUT2D eigenvalue weighted by molar-refractivity contribution is 5.93. The van der Waals surface area contributed by atoms with Crippen molar-refractivity contribution in [1.29, 1.82) is 0 Å². The highest BCUT2D eigenvalue weighted by Crippen LogP contribution is 2.08. The minimum atomic E-state index is -0.143. The predicted octanol–water partition coefficient (Wildman–Crippen LogP) is 1.96. The van der Waals surface area contributed by atoms with E-state index in [2.05, 4.69) is 15.5 Å². The van der Waals surface area contributed by atoms with Crippen LogP contribution in [0, 0.1) is 13.8 Å². The largest absolute Gasteiger partial charge is 0.347 e. The van der Waals surface area contributed by atoms with Crippen molar-refractivity contribution in [3.05, 3.63) is 52.8 Å². The van der Waals surface area contributed by atoms with E-state index >= 15 is 0 Å². The van der Waals surface area contributed by atoms with E-state index in [-0.39, 0.29) is 5.91 Å². The molecule has 88 valence electrons. The zero-order valence-corrected chi connectivity index (χ0v) is 9.95. The van der Waals surface area contributed by atoms with Gasteiger partial charge < -0.3 is 5.32 Å². The van der Waals surface area contributed by atoms with Crippen LogP contribution in [0.1, 0.15) is 27.3 Å². The van der Waals surface area contributed by atoms with Crippen LogP contribution >= 0.6 is 0 Å². The Bertz CT molecular complexity index is 517. The summed E-state index contributed by atoms with van der Waals surface area (Å²) in [6.45, 7) is 4.30. The van der Waals surface area contributed by atoms with Gasteiger partial charge >= 0.3 is 0 Å². The van der Waals surface area contributed by atoms with E-state index in [1.165, 1.54) is 0 Å². The second kappa shape index (κ2) is 4.82. The van der Waals surface area contributed by atoms with E-state index in [4.69, 9.17) is 0 Å². The van der Waals surface area contributed by atoms with Gasteiger partial charge in [0.05, 0.1) is 0 Å². The van der Waals surface area contributed by atoms with Crippen molar-refractivity contribution in [3.8, 4) is 0 Å². The van der Waals surface area contributed by atoms with Gasteiger partial charge in [0.25, 0.3) is 5.91 Å². The summed E-state index contributed by atoms with van der Waals surface area (Å²) in [4.78, 5) is 11.9. The molecule has 0 aliphatic rings. The van der Waals surface area contributed by atoms with Crippen molar-refractivity contribution in [1.82, 2.24) is 15.5 Å². The van der Waals surface area contributed by atoms with Crippen LogP contribution in [-0.4, -0.2) is 16.1 Å². The molecule has 0 fully saturated rings. The van der Waals surface area contributed by atoms with Crippen LogP contribution in [0.5, 0.6) is 0 Å². The molecular weight excluding hydrogens is 214 g/mol. The molecule has 1 heterocycles. The van der Waals surface area contributed by atoms with Crippen molar-refractivity contribution in [2.75, 3.05) is 0 Å². The standard InChI is InChI=1S/C13H15N3O/c1-9-10(2)15-16-12(9)13(17)14-8-11-6-4-3-5-7-11/h3-7H,8H2,1-2H3,(H,14,17)(H,15,16). The Morgan fingerprint density at radius 2 is 2.00 bits per heavy atom. The van der Waals surface area contributed by atoms with Crippen LogP contribution in [0.3, 0.4) is 0 Å². The quantitative estimate of drug-likeness (QED) is 0.845. The third-order valence-electron chi connectivity index (χ3n) is 2.76. The van der Waals surface area contributed by atoms with Crippen molar-refractivity contribution < 1.29 is 4.79 Å². The second-order valence-electron chi connectivity index (χ2n) is 3.99. The van der Waals surface area contributed by atoms with Crippen LogP contribution in [0.25, 0.3) is 0 Å². The molecule has 0 saturated carbocycles. The molecule has 2 N–H and O–H groups in total. The number of H-pyrrole nitrogens is 1. The van der Waals surface area contributed by atoms with Gasteiger partial charge in [-0.15, -0.1) is 0 Å². The number of rotatable bonds is 3. The summed E-state index contributed by atoms with van der Waals surface area (Å²) in [5, 5.41) is 9.64. The van der Waals surface area contributed by atoms with Gasteiger partial charge in [0, 0.05) is 17.8 Å². The van der Waals surface area contributed by atoms with Crippen LogP contribution in [0.15, 0.2) is 30.3 Å². The topological polar surface area (TPSA) is 57.8 Å². The molecule has 2 aromatic rings. The summed E-state index contributed by atoms with van der Waals surface area (Å²) >= 11 is 0. The van der Waals surface area contributed by atoms with E-state index in [9.17, 15) is 4.79 Å². The first-order valence-corrected chi connectivity index (χ1v) is 5.52. The van der Waals surface area contributed by atoms with Crippen LogP contribution < -0.4 is 5.32 Å². The van der Waals surface area contributed by atoms with Gasteiger partial charge in [-0.05, 0) is 19.4 Å². The highest BCUT2D eigenvalue weighted by Gasteiger charge is 2.13. The van der Waals surface area contributed by atoms with Gasteiger partial charge in [-0.1, -0.05) is 30.3 Å². The average Bonchev–Trinajstić information content (AvgIpc) is 2.69. The molecule has 1 amide bonds. The summed E-state index contributed by atoms with van der Waals surface area (Å²) < 4.78 is 0. The summed E-state index contributed by atoms with van der Waals surface area (Å²) in [7, 11) is 0. The maximum absolute atomic E-state index is 11.9. The number of amides is 1. The fourth-order valence-electron chi connectivity index (χ4n) is 1.57. The summed E-state index contributed by atoms with van der Waals surface area (Å²) in [6, 6.07) is 9.80. The molecule has 0 aliphatic heterocycles. The van der Waals surface area contributed by atoms with Gasteiger partial charge in [0.15, 0.2) is 5.69 Å². The van der Waals surface area contributed by atoms with E-state index in [1.54, 1.807) is 0 Å². The molecule has 0 aliphatic carbocycles. The first-order valence-electron chi connectivity index (χ1n) is 5.52. The molecule has 0 spiro atoms. The Kier molecular flexibility index (Phi) is 3.23. The van der Waals surface area contributed by atoms with Gasteiger partial charge in [0.1, 0.15) is 0 Å². The van der Waals surface area contributed by atoms with Crippen LogP contribution in [0.2, 0.25) is 0 Å². The van der Waals surface area contributed by atoms with E-state index in [0.29, 0.717) is 12.2 Å². The zero-order valence-electron chi connectivity index (χ0n) is 9.95. The Labute approximate surface area is 100 Å². The summed E-state index contributed by atoms with van der Waals surface area (Å²) in [5.74, 6) is -0.143. The number of nitrogens with zero attached hydrogens (tertiary/aromatic N) is 1. The number of hydrogen-bond acceptors (Lipinski definition) is 2. The van der Waals surface area contributed by atoms with E-state index < -0.39 is 0 Å². The lowest BCUT2D eigenvalue weighted by atomic mass is 10.2. The molecule has 2 rings (SSSR count). The number of carbonyl (C=O) groups excluding carboxylic acids is 1. The number of carbonyl (C=O) groups is 1. The summed E-state index contributed by atoms with van der Waals surface area (Å²) in [5.41, 5.74) is 3.37. The van der Waals surface area contributed by atoms with Gasteiger partial charge in [-0.25, -0.2) is 0 Å². The van der Waals surface area contributed by atoms with Gasteiger partial charge in [-0.2, -0.15) is 5.10 Å². The zero-order chi connectivity index (χ0) is 12.3. The molecule has 0 atom stereocenters.